The van der Waals surface area contributed by atoms with Crippen LogP contribution in [0.2, 0.25) is 0 Å². The Hall–Kier alpha value is -2.47. The third-order valence-electron chi connectivity index (χ3n) is 4.53. The van der Waals surface area contributed by atoms with Gasteiger partial charge in [0.05, 0.1) is 5.69 Å². The van der Waals surface area contributed by atoms with Crippen molar-refractivity contribution in [3.05, 3.63) is 45.7 Å². The smallest absolute Gasteiger partial charge is 0.267 e. The Balaban J connectivity index is 1.83. The largest absolute Gasteiger partial charge is 0.396 e. The summed E-state index contributed by atoms with van der Waals surface area (Å²) in [5, 5.41) is 18.5. The molecular formula is C19H23N3O3. The molecule has 0 bridgehead atoms. The van der Waals surface area contributed by atoms with E-state index in [-0.39, 0.29) is 18.1 Å². The van der Waals surface area contributed by atoms with Crippen molar-refractivity contribution in [1.29, 1.82) is 0 Å². The van der Waals surface area contributed by atoms with Crippen LogP contribution in [0.25, 0.3) is 11.3 Å². The lowest BCUT2D eigenvalue weighted by molar-refractivity contribution is -0.116. The molecule has 3 rings (SSSR count). The Kier molecular flexibility index (Phi) is 5.60. The Labute approximate surface area is 146 Å². The number of hydrogen-bond donors (Lipinski definition) is 3. The summed E-state index contributed by atoms with van der Waals surface area (Å²) in [5.74, 6) is -0.0675. The first-order chi connectivity index (χ1) is 12.2. The van der Waals surface area contributed by atoms with Crippen LogP contribution in [0.5, 0.6) is 0 Å². The zero-order chi connectivity index (χ0) is 17.6. The highest BCUT2D eigenvalue weighted by molar-refractivity contribution is 5.91. The average Bonchev–Trinajstić information content (AvgIpc) is 2.63. The van der Waals surface area contributed by atoms with Crippen LogP contribution in [-0.4, -0.2) is 27.8 Å². The number of amides is 1. The number of H-pyrrole nitrogens is 1. The fourth-order valence-electron chi connectivity index (χ4n) is 3.26. The molecule has 1 aliphatic rings. The van der Waals surface area contributed by atoms with Gasteiger partial charge in [0, 0.05) is 29.8 Å². The van der Waals surface area contributed by atoms with Crippen molar-refractivity contribution in [2.75, 3.05) is 11.9 Å². The van der Waals surface area contributed by atoms with Gasteiger partial charge in [-0.05, 0) is 56.2 Å². The highest BCUT2D eigenvalue weighted by Crippen LogP contribution is 2.29. The third kappa shape index (κ3) is 4.14. The van der Waals surface area contributed by atoms with Crippen LogP contribution in [0.4, 0.5) is 5.69 Å². The molecule has 132 valence electrons. The number of benzene rings is 1. The van der Waals surface area contributed by atoms with Crippen LogP contribution in [0.15, 0.2) is 29.1 Å². The number of carbonyl (C=O) groups is 1. The van der Waals surface area contributed by atoms with E-state index in [9.17, 15) is 9.59 Å². The third-order valence-corrected chi connectivity index (χ3v) is 4.53. The fourth-order valence-corrected chi connectivity index (χ4v) is 3.26. The molecule has 25 heavy (non-hydrogen) atoms. The highest BCUT2D eigenvalue weighted by Gasteiger charge is 2.19. The van der Waals surface area contributed by atoms with Crippen LogP contribution in [0.1, 0.15) is 43.2 Å². The number of unbranched alkanes of at least 4 members (excludes halogenated alkanes) is 1. The zero-order valence-corrected chi connectivity index (χ0v) is 14.2. The maximum absolute atomic E-state index is 12.0. The van der Waals surface area contributed by atoms with Crippen molar-refractivity contribution in [3.8, 4) is 11.3 Å². The van der Waals surface area contributed by atoms with Crippen LogP contribution in [0, 0.1) is 0 Å². The second-order valence-corrected chi connectivity index (χ2v) is 6.38. The molecule has 6 nitrogen and oxygen atoms in total. The van der Waals surface area contributed by atoms with Gasteiger partial charge in [0.2, 0.25) is 5.91 Å². The molecule has 1 aromatic carbocycles. The molecular weight excluding hydrogens is 318 g/mol. The molecule has 1 aliphatic carbocycles. The molecule has 0 unspecified atom stereocenters. The summed E-state index contributed by atoms with van der Waals surface area (Å²) < 4.78 is 0. The molecule has 2 aromatic rings. The minimum absolute atomic E-state index is 0.0675. The van der Waals surface area contributed by atoms with Crippen molar-refractivity contribution in [1.82, 2.24) is 10.2 Å². The maximum Gasteiger partial charge on any atom is 0.267 e. The SMILES string of the molecule is O=C(CCCCO)Nc1cccc(-c2n[nH]c(=O)c3c2CCCC3)c1. The normalized spacial score (nSPS) is 13.3. The van der Waals surface area contributed by atoms with Crippen molar-refractivity contribution in [3.63, 3.8) is 0 Å². The van der Waals surface area contributed by atoms with E-state index in [1.807, 2.05) is 24.3 Å². The Bertz CT molecular complexity index is 814. The predicted molar refractivity (Wildman–Crippen MR) is 96.5 cm³/mol. The lowest BCUT2D eigenvalue weighted by atomic mass is 9.90. The topological polar surface area (TPSA) is 95.1 Å². The quantitative estimate of drug-likeness (QED) is 0.703. The Morgan fingerprint density at radius 2 is 2.00 bits per heavy atom. The van der Waals surface area contributed by atoms with Gasteiger partial charge in [-0.3, -0.25) is 9.59 Å². The molecule has 0 saturated carbocycles. The maximum atomic E-state index is 12.0. The van der Waals surface area contributed by atoms with E-state index in [1.54, 1.807) is 0 Å². The molecule has 1 amide bonds. The zero-order valence-electron chi connectivity index (χ0n) is 14.2. The summed E-state index contributed by atoms with van der Waals surface area (Å²) in [7, 11) is 0. The summed E-state index contributed by atoms with van der Waals surface area (Å²) >= 11 is 0. The molecule has 1 aromatic heterocycles. The van der Waals surface area contributed by atoms with Gasteiger partial charge in [-0.1, -0.05) is 12.1 Å². The predicted octanol–water partition coefficient (Wildman–Crippen LogP) is 2.42. The van der Waals surface area contributed by atoms with Crippen LogP contribution >= 0.6 is 0 Å². The van der Waals surface area contributed by atoms with Gasteiger partial charge in [0.25, 0.3) is 5.56 Å². The molecule has 3 N–H and O–H groups in total. The molecule has 0 fully saturated rings. The van der Waals surface area contributed by atoms with E-state index < -0.39 is 0 Å². The number of anilines is 1. The number of aromatic nitrogens is 2. The van der Waals surface area contributed by atoms with Crippen molar-refractivity contribution < 1.29 is 9.90 Å². The number of rotatable bonds is 6. The summed E-state index contributed by atoms with van der Waals surface area (Å²) in [4.78, 5) is 23.9. The molecule has 0 radical (unpaired) electrons. The molecule has 0 spiro atoms. The standard InChI is InChI=1S/C19H23N3O3/c23-11-4-3-10-17(24)20-14-7-5-6-13(12-14)18-15-8-1-2-9-16(15)19(25)22-21-18/h5-7,12,23H,1-4,8-11H2,(H,20,24)(H,22,25). The van der Waals surface area contributed by atoms with Gasteiger partial charge < -0.3 is 10.4 Å². The fraction of sp³-hybridized carbons (Fsp3) is 0.421. The first-order valence-corrected chi connectivity index (χ1v) is 8.80. The Morgan fingerprint density at radius 3 is 2.80 bits per heavy atom. The number of aliphatic hydroxyl groups is 1. The van der Waals surface area contributed by atoms with E-state index in [1.165, 1.54) is 0 Å². The van der Waals surface area contributed by atoms with Crippen LogP contribution in [-0.2, 0) is 17.6 Å². The van der Waals surface area contributed by atoms with Gasteiger partial charge in [-0.25, -0.2) is 5.10 Å². The van der Waals surface area contributed by atoms with Crippen molar-refractivity contribution in [2.45, 2.75) is 44.9 Å². The second kappa shape index (κ2) is 8.07. The summed E-state index contributed by atoms with van der Waals surface area (Å²) in [6, 6.07) is 7.54. The average molecular weight is 341 g/mol. The molecule has 6 heteroatoms. The van der Waals surface area contributed by atoms with E-state index in [0.29, 0.717) is 24.9 Å². The first-order valence-electron chi connectivity index (χ1n) is 8.80. The van der Waals surface area contributed by atoms with Gasteiger partial charge in [-0.2, -0.15) is 5.10 Å². The summed E-state index contributed by atoms with van der Waals surface area (Å²) in [6.45, 7) is 0.103. The second-order valence-electron chi connectivity index (χ2n) is 6.38. The lowest BCUT2D eigenvalue weighted by Crippen LogP contribution is -2.21. The number of carbonyl (C=O) groups excluding carboxylic acids is 1. The number of fused-ring (bicyclic) bond motifs is 1. The number of hydrogen-bond acceptors (Lipinski definition) is 4. The number of nitrogens with zero attached hydrogens (tertiary/aromatic N) is 1. The number of nitrogens with one attached hydrogen (secondary N) is 2. The van der Waals surface area contributed by atoms with E-state index in [4.69, 9.17) is 5.11 Å². The molecule has 1 heterocycles. The van der Waals surface area contributed by atoms with Gasteiger partial charge >= 0.3 is 0 Å². The van der Waals surface area contributed by atoms with Gasteiger partial charge in [-0.15, -0.1) is 0 Å². The minimum Gasteiger partial charge on any atom is -0.396 e. The van der Waals surface area contributed by atoms with Crippen LogP contribution in [0.3, 0.4) is 0 Å². The Morgan fingerprint density at radius 1 is 1.20 bits per heavy atom. The minimum atomic E-state index is -0.0909. The molecule has 0 aliphatic heterocycles. The summed E-state index contributed by atoms with van der Waals surface area (Å²) in [5.41, 5.74) is 4.18. The number of aliphatic hydroxyl groups excluding tert-OH is 1. The highest BCUT2D eigenvalue weighted by atomic mass is 16.3. The molecule has 0 saturated heterocycles. The monoisotopic (exact) mass is 341 g/mol. The summed E-state index contributed by atoms with van der Waals surface area (Å²) in [6.07, 6.45) is 5.42. The van der Waals surface area contributed by atoms with Crippen LogP contribution < -0.4 is 10.9 Å². The number of aromatic amines is 1. The van der Waals surface area contributed by atoms with Crippen molar-refractivity contribution in [2.24, 2.45) is 0 Å². The molecule has 0 atom stereocenters. The van der Waals surface area contributed by atoms with E-state index in [0.717, 1.165) is 48.1 Å². The lowest BCUT2D eigenvalue weighted by Gasteiger charge is -2.17. The van der Waals surface area contributed by atoms with Crippen molar-refractivity contribution >= 4 is 11.6 Å². The van der Waals surface area contributed by atoms with Gasteiger partial charge in [0.1, 0.15) is 0 Å². The van der Waals surface area contributed by atoms with E-state index in [2.05, 4.69) is 15.5 Å². The first kappa shape index (κ1) is 17.4. The van der Waals surface area contributed by atoms with E-state index >= 15 is 0 Å². The van der Waals surface area contributed by atoms with Gasteiger partial charge in [0.15, 0.2) is 0 Å².